The molecule has 0 saturated carbocycles. The SMILES string of the molecule is CSC(C)CNCc1ccc(F)cc1Cl. The van der Waals surface area contributed by atoms with E-state index in [1.165, 1.54) is 12.1 Å². The van der Waals surface area contributed by atoms with Crippen molar-refractivity contribution in [3.8, 4) is 0 Å². The highest BCUT2D eigenvalue weighted by molar-refractivity contribution is 7.99. The van der Waals surface area contributed by atoms with Crippen molar-refractivity contribution < 1.29 is 4.39 Å². The summed E-state index contributed by atoms with van der Waals surface area (Å²) in [5, 5.41) is 4.34. The van der Waals surface area contributed by atoms with Gasteiger partial charge in [0.05, 0.1) is 0 Å². The first-order valence-electron chi connectivity index (χ1n) is 4.81. The van der Waals surface area contributed by atoms with Crippen LogP contribution in [0.4, 0.5) is 4.39 Å². The van der Waals surface area contributed by atoms with Crippen molar-refractivity contribution >= 4 is 23.4 Å². The zero-order valence-electron chi connectivity index (χ0n) is 8.89. The molecular formula is C11H15ClFNS. The molecule has 0 aliphatic heterocycles. The van der Waals surface area contributed by atoms with Crippen LogP contribution < -0.4 is 5.32 Å². The third-order valence-electron chi connectivity index (χ3n) is 2.16. The van der Waals surface area contributed by atoms with Crippen LogP contribution in [0.25, 0.3) is 0 Å². The van der Waals surface area contributed by atoms with Crippen LogP contribution in [-0.4, -0.2) is 18.1 Å². The van der Waals surface area contributed by atoms with Gasteiger partial charge in [-0.2, -0.15) is 11.8 Å². The number of benzene rings is 1. The van der Waals surface area contributed by atoms with Gasteiger partial charge in [-0.3, -0.25) is 0 Å². The maximum absolute atomic E-state index is 12.7. The second-order valence-electron chi connectivity index (χ2n) is 3.41. The number of nitrogens with one attached hydrogen (secondary N) is 1. The fourth-order valence-corrected chi connectivity index (χ4v) is 1.68. The lowest BCUT2D eigenvalue weighted by Gasteiger charge is -2.10. The lowest BCUT2D eigenvalue weighted by molar-refractivity contribution is 0.625. The Kier molecular flexibility index (Phi) is 5.43. The Hall–Kier alpha value is -0.250. The van der Waals surface area contributed by atoms with E-state index in [0.717, 1.165) is 12.1 Å². The summed E-state index contributed by atoms with van der Waals surface area (Å²) < 4.78 is 12.7. The molecule has 0 aliphatic carbocycles. The fourth-order valence-electron chi connectivity index (χ4n) is 1.16. The molecule has 1 unspecified atom stereocenters. The first kappa shape index (κ1) is 12.8. The number of hydrogen-bond donors (Lipinski definition) is 1. The Labute approximate surface area is 99.4 Å². The molecule has 1 atom stereocenters. The average Bonchev–Trinajstić information content (AvgIpc) is 2.21. The molecule has 0 saturated heterocycles. The molecule has 0 bridgehead atoms. The molecule has 0 spiro atoms. The fraction of sp³-hybridized carbons (Fsp3) is 0.455. The molecule has 1 nitrogen and oxygen atoms in total. The van der Waals surface area contributed by atoms with E-state index in [2.05, 4.69) is 18.5 Å². The highest BCUT2D eigenvalue weighted by Crippen LogP contribution is 2.17. The molecule has 0 radical (unpaired) electrons. The van der Waals surface area contributed by atoms with E-state index in [-0.39, 0.29) is 5.82 Å². The lowest BCUT2D eigenvalue weighted by Crippen LogP contribution is -2.22. The molecule has 4 heteroatoms. The van der Waals surface area contributed by atoms with Crippen molar-refractivity contribution in [1.82, 2.24) is 5.32 Å². The normalized spacial score (nSPS) is 12.8. The highest BCUT2D eigenvalue weighted by Gasteiger charge is 2.03. The van der Waals surface area contributed by atoms with Crippen molar-refractivity contribution in [2.75, 3.05) is 12.8 Å². The number of hydrogen-bond acceptors (Lipinski definition) is 2. The van der Waals surface area contributed by atoms with Crippen LogP contribution in [0, 0.1) is 5.82 Å². The Bertz CT molecular complexity index is 319. The van der Waals surface area contributed by atoms with Crippen LogP contribution in [0.2, 0.25) is 5.02 Å². The number of halogens is 2. The Morgan fingerprint density at radius 1 is 1.53 bits per heavy atom. The Balaban J connectivity index is 2.44. The average molecular weight is 248 g/mol. The second kappa shape index (κ2) is 6.36. The molecule has 0 amide bonds. The van der Waals surface area contributed by atoms with Gasteiger partial charge in [-0.05, 0) is 24.0 Å². The van der Waals surface area contributed by atoms with Gasteiger partial charge in [0.1, 0.15) is 5.82 Å². The van der Waals surface area contributed by atoms with Crippen molar-refractivity contribution in [3.05, 3.63) is 34.6 Å². The predicted octanol–water partition coefficient (Wildman–Crippen LogP) is 3.32. The van der Waals surface area contributed by atoms with Crippen LogP contribution >= 0.6 is 23.4 Å². The molecule has 1 aromatic rings. The quantitative estimate of drug-likeness (QED) is 0.857. The van der Waals surface area contributed by atoms with Gasteiger partial charge >= 0.3 is 0 Å². The molecule has 0 aliphatic rings. The lowest BCUT2D eigenvalue weighted by atomic mass is 10.2. The van der Waals surface area contributed by atoms with Crippen LogP contribution in [0.15, 0.2) is 18.2 Å². The molecular weight excluding hydrogens is 233 g/mol. The second-order valence-corrected chi connectivity index (χ2v) is 5.10. The molecule has 0 heterocycles. The zero-order valence-corrected chi connectivity index (χ0v) is 10.5. The topological polar surface area (TPSA) is 12.0 Å². The summed E-state index contributed by atoms with van der Waals surface area (Å²) in [4.78, 5) is 0. The largest absolute Gasteiger partial charge is 0.312 e. The van der Waals surface area contributed by atoms with E-state index in [0.29, 0.717) is 16.8 Å². The molecule has 15 heavy (non-hydrogen) atoms. The smallest absolute Gasteiger partial charge is 0.124 e. The number of rotatable bonds is 5. The van der Waals surface area contributed by atoms with Crippen LogP contribution in [0.5, 0.6) is 0 Å². The summed E-state index contributed by atoms with van der Waals surface area (Å²) >= 11 is 7.70. The van der Waals surface area contributed by atoms with Crippen LogP contribution in [0.3, 0.4) is 0 Å². The van der Waals surface area contributed by atoms with Gasteiger partial charge in [0.15, 0.2) is 0 Å². The van der Waals surface area contributed by atoms with Gasteiger partial charge in [0, 0.05) is 23.4 Å². The van der Waals surface area contributed by atoms with Gasteiger partial charge in [0.2, 0.25) is 0 Å². The van der Waals surface area contributed by atoms with Crippen LogP contribution in [0.1, 0.15) is 12.5 Å². The maximum Gasteiger partial charge on any atom is 0.124 e. The minimum atomic E-state index is -0.291. The summed E-state index contributed by atoms with van der Waals surface area (Å²) in [5.74, 6) is -0.291. The summed E-state index contributed by atoms with van der Waals surface area (Å²) in [6, 6.07) is 4.49. The van der Waals surface area contributed by atoms with E-state index in [1.54, 1.807) is 6.07 Å². The molecule has 0 aromatic heterocycles. The minimum absolute atomic E-state index is 0.291. The first-order chi connectivity index (χ1) is 7.13. The van der Waals surface area contributed by atoms with E-state index < -0.39 is 0 Å². The van der Waals surface area contributed by atoms with Crippen molar-refractivity contribution in [1.29, 1.82) is 0 Å². The third kappa shape index (κ3) is 4.41. The van der Waals surface area contributed by atoms with E-state index in [1.807, 2.05) is 11.8 Å². The van der Waals surface area contributed by atoms with Gasteiger partial charge in [-0.1, -0.05) is 24.6 Å². The molecule has 1 aromatic carbocycles. The summed E-state index contributed by atoms with van der Waals surface area (Å²) in [7, 11) is 0. The predicted molar refractivity (Wildman–Crippen MR) is 66.1 cm³/mol. The van der Waals surface area contributed by atoms with Gasteiger partial charge in [0.25, 0.3) is 0 Å². The van der Waals surface area contributed by atoms with Crippen molar-refractivity contribution in [2.24, 2.45) is 0 Å². The van der Waals surface area contributed by atoms with Crippen LogP contribution in [-0.2, 0) is 6.54 Å². The van der Waals surface area contributed by atoms with Crippen molar-refractivity contribution in [2.45, 2.75) is 18.7 Å². The minimum Gasteiger partial charge on any atom is -0.312 e. The van der Waals surface area contributed by atoms with Crippen molar-refractivity contribution in [3.63, 3.8) is 0 Å². The Morgan fingerprint density at radius 2 is 2.27 bits per heavy atom. The van der Waals surface area contributed by atoms with E-state index >= 15 is 0 Å². The first-order valence-corrected chi connectivity index (χ1v) is 6.47. The van der Waals surface area contributed by atoms with Gasteiger partial charge in [-0.25, -0.2) is 4.39 Å². The standard InChI is InChI=1S/C11H15ClFNS/c1-8(15-2)6-14-7-9-3-4-10(13)5-11(9)12/h3-5,8,14H,6-7H2,1-2H3. The maximum atomic E-state index is 12.7. The highest BCUT2D eigenvalue weighted by atomic mass is 35.5. The summed E-state index contributed by atoms with van der Waals surface area (Å²) in [6.07, 6.45) is 2.08. The molecule has 1 N–H and O–H groups in total. The zero-order chi connectivity index (χ0) is 11.3. The Morgan fingerprint density at radius 3 is 2.87 bits per heavy atom. The number of thioether (sulfide) groups is 1. The molecule has 0 fully saturated rings. The van der Waals surface area contributed by atoms with E-state index in [4.69, 9.17) is 11.6 Å². The summed E-state index contributed by atoms with van der Waals surface area (Å²) in [6.45, 7) is 3.77. The van der Waals surface area contributed by atoms with Gasteiger partial charge < -0.3 is 5.32 Å². The third-order valence-corrected chi connectivity index (χ3v) is 3.49. The van der Waals surface area contributed by atoms with Gasteiger partial charge in [-0.15, -0.1) is 0 Å². The van der Waals surface area contributed by atoms with E-state index in [9.17, 15) is 4.39 Å². The summed E-state index contributed by atoms with van der Waals surface area (Å²) in [5.41, 5.74) is 0.936. The molecule has 1 rings (SSSR count). The monoisotopic (exact) mass is 247 g/mol. The molecule has 84 valence electrons.